The zero-order valence-electron chi connectivity index (χ0n) is 19.3. The van der Waals surface area contributed by atoms with Crippen LogP contribution in [0.2, 0.25) is 0 Å². The van der Waals surface area contributed by atoms with E-state index >= 15 is 0 Å². The van der Waals surface area contributed by atoms with E-state index < -0.39 is 17.3 Å². The molecule has 1 amide bonds. The topological polar surface area (TPSA) is 123 Å². The number of hydrogen-bond donors (Lipinski definition) is 1. The summed E-state index contributed by atoms with van der Waals surface area (Å²) in [7, 11) is 4.50. The van der Waals surface area contributed by atoms with Crippen molar-refractivity contribution in [3.8, 4) is 34.6 Å². The fourth-order valence-corrected chi connectivity index (χ4v) is 4.29. The molecule has 4 aromatic rings. The Bertz CT molecular complexity index is 1290. The summed E-state index contributed by atoms with van der Waals surface area (Å²) < 4.78 is 33.0. The third-order valence-corrected chi connectivity index (χ3v) is 6.01. The van der Waals surface area contributed by atoms with Crippen LogP contribution in [-0.2, 0) is 17.1 Å². The van der Waals surface area contributed by atoms with Gasteiger partial charge >= 0.3 is 5.91 Å². The number of carbonyl (C=O) groups excluding carboxylic acids is 1. The number of hydrogen-bond acceptors (Lipinski definition) is 8. The number of aromatic nitrogens is 4. The van der Waals surface area contributed by atoms with Crippen LogP contribution in [0.5, 0.6) is 17.4 Å². The number of nitrogens with one attached hydrogen (secondary N) is 1. The van der Waals surface area contributed by atoms with Crippen LogP contribution in [0.3, 0.4) is 0 Å². The smallest absolute Gasteiger partial charge is 0.330 e. The number of rotatable bonds is 9. The van der Waals surface area contributed by atoms with Crippen LogP contribution in [0, 0.1) is 0 Å². The molecule has 2 aromatic heterocycles. The molecular formula is C24H23N5O5S. The molecule has 180 valence electrons. The lowest BCUT2D eigenvalue weighted by atomic mass is 10.2. The minimum absolute atomic E-state index is 0.117. The van der Waals surface area contributed by atoms with Crippen LogP contribution in [-0.4, -0.2) is 51.5 Å². The highest BCUT2D eigenvalue weighted by molar-refractivity contribution is 7.89. The van der Waals surface area contributed by atoms with Gasteiger partial charge in [0.15, 0.2) is 11.6 Å². The molecule has 0 saturated heterocycles. The van der Waals surface area contributed by atoms with E-state index in [-0.39, 0.29) is 17.4 Å². The maximum atomic E-state index is 13.3. The lowest BCUT2D eigenvalue weighted by Crippen LogP contribution is -2.33. The molecule has 2 aromatic carbocycles. The molecule has 0 saturated carbocycles. The lowest BCUT2D eigenvalue weighted by Gasteiger charge is -2.17. The normalized spacial score (nSPS) is 11.5. The molecule has 0 fully saturated rings. The molecule has 0 aliphatic carbocycles. The minimum atomic E-state index is -1.70. The minimum Gasteiger partial charge on any atom is -0.593 e. The summed E-state index contributed by atoms with van der Waals surface area (Å²) in [5.41, 5.74) is 1.61. The molecule has 11 heteroatoms. The molecule has 35 heavy (non-hydrogen) atoms. The van der Waals surface area contributed by atoms with Crippen molar-refractivity contribution in [3.05, 3.63) is 78.1 Å². The van der Waals surface area contributed by atoms with E-state index in [0.29, 0.717) is 28.8 Å². The number of benzene rings is 2. The molecule has 0 aliphatic rings. The Kier molecular flexibility index (Phi) is 7.48. The van der Waals surface area contributed by atoms with Gasteiger partial charge in [-0.1, -0.05) is 42.5 Å². The standard InChI is InChI=1S/C24H23N5O5S/c1-32-18-12-8-13-19(33-2)21(18)29-22(17-11-7-14-20(25-17)34-3)26-27-23(29)24(30)28-35(31)15-16-9-5-4-6-10-16/h4-14H,15H2,1-3H3,(H,28,30). The molecule has 1 atom stereocenters. The van der Waals surface area contributed by atoms with Crippen LogP contribution in [0.1, 0.15) is 16.2 Å². The van der Waals surface area contributed by atoms with E-state index in [1.165, 1.54) is 25.9 Å². The summed E-state index contributed by atoms with van der Waals surface area (Å²) in [6.07, 6.45) is 0. The van der Waals surface area contributed by atoms with Gasteiger partial charge in [-0.2, -0.15) is 4.72 Å². The largest absolute Gasteiger partial charge is 0.593 e. The van der Waals surface area contributed by atoms with E-state index in [2.05, 4.69) is 19.9 Å². The maximum Gasteiger partial charge on any atom is 0.330 e. The summed E-state index contributed by atoms with van der Waals surface area (Å²) >= 11 is -1.70. The number of ether oxygens (including phenoxy) is 3. The number of amides is 1. The van der Waals surface area contributed by atoms with Crippen molar-refractivity contribution in [2.45, 2.75) is 5.75 Å². The van der Waals surface area contributed by atoms with Gasteiger partial charge in [0, 0.05) is 11.6 Å². The van der Waals surface area contributed by atoms with Gasteiger partial charge in [0.25, 0.3) is 0 Å². The Balaban J connectivity index is 1.80. The second-order valence-corrected chi connectivity index (χ2v) is 8.35. The molecule has 2 heterocycles. The van der Waals surface area contributed by atoms with Crippen LogP contribution in [0.4, 0.5) is 0 Å². The third-order valence-electron chi connectivity index (χ3n) is 5.00. The highest BCUT2D eigenvalue weighted by Crippen LogP contribution is 2.36. The monoisotopic (exact) mass is 493 g/mol. The zero-order valence-corrected chi connectivity index (χ0v) is 20.1. The molecule has 0 aliphatic heterocycles. The van der Waals surface area contributed by atoms with Gasteiger partial charge in [-0.15, -0.1) is 10.2 Å². The summed E-state index contributed by atoms with van der Waals surface area (Å²) in [5, 5.41) is 8.34. The van der Waals surface area contributed by atoms with Crippen molar-refractivity contribution >= 4 is 17.3 Å². The first-order valence-electron chi connectivity index (χ1n) is 10.5. The first-order valence-corrected chi connectivity index (χ1v) is 11.8. The second kappa shape index (κ2) is 10.9. The van der Waals surface area contributed by atoms with Gasteiger partial charge < -0.3 is 18.8 Å². The summed E-state index contributed by atoms with van der Waals surface area (Å²) in [5.74, 6) is 0.760. The summed E-state index contributed by atoms with van der Waals surface area (Å²) in [6.45, 7) is 0. The van der Waals surface area contributed by atoms with Crippen molar-refractivity contribution < 1.29 is 23.6 Å². The molecule has 0 bridgehead atoms. The van der Waals surface area contributed by atoms with Gasteiger partial charge in [-0.3, -0.25) is 9.36 Å². The van der Waals surface area contributed by atoms with Crippen molar-refractivity contribution in [2.24, 2.45) is 0 Å². The van der Waals surface area contributed by atoms with Crippen LogP contribution < -0.4 is 18.9 Å². The molecule has 1 N–H and O–H groups in total. The van der Waals surface area contributed by atoms with Gasteiger partial charge in [0.2, 0.25) is 11.7 Å². The Morgan fingerprint density at radius 1 is 0.914 bits per heavy atom. The Hall–Kier alpha value is -4.09. The van der Waals surface area contributed by atoms with Gasteiger partial charge in [0.1, 0.15) is 22.9 Å². The van der Waals surface area contributed by atoms with E-state index in [4.69, 9.17) is 14.2 Å². The SMILES string of the molecule is COc1cccc(-c2nnc(C(=O)N[S+]([O-])Cc3ccccc3)n2-c2c(OC)cccc2OC)n1. The van der Waals surface area contributed by atoms with E-state index in [1.54, 1.807) is 36.4 Å². The van der Waals surface area contributed by atoms with Crippen molar-refractivity contribution in [2.75, 3.05) is 21.3 Å². The quantitative estimate of drug-likeness (QED) is 0.353. The predicted molar refractivity (Wildman–Crippen MR) is 130 cm³/mol. The lowest BCUT2D eigenvalue weighted by molar-refractivity contribution is 0.0969. The average Bonchev–Trinajstić information content (AvgIpc) is 3.33. The average molecular weight is 494 g/mol. The van der Waals surface area contributed by atoms with E-state index in [0.717, 1.165) is 5.56 Å². The Morgan fingerprint density at radius 3 is 2.26 bits per heavy atom. The van der Waals surface area contributed by atoms with Crippen molar-refractivity contribution in [1.82, 2.24) is 24.5 Å². The molecule has 0 spiro atoms. The van der Waals surface area contributed by atoms with Gasteiger partial charge in [-0.05, 0) is 18.2 Å². The summed E-state index contributed by atoms with van der Waals surface area (Å²) in [6, 6.07) is 19.5. The first-order chi connectivity index (χ1) is 17.0. The van der Waals surface area contributed by atoms with Crippen LogP contribution in [0.15, 0.2) is 66.7 Å². The van der Waals surface area contributed by atoms with Crippen molar-refractivity contribution in [3.63, 3.8) is 0 Å². The molecular weight excluding hydrogens is 470 g/mol. The number of carbonyl (C=O) groups is 1. The molecule has 10 nitrogen and oxygen atoms in total. The van der Waals surface area contributed by atoms with E-state index in [9.17, 15) is 9.35 Å². The van der Waals surface area contributed by atoms with Gasteiger partial charge in [0.05, 0.1) is 32.7 Å². The summed E-state index contributed by atoms with van der Waals surface area (Å²) in [4.78, 5) is 17.7. The highest BCUT2D eigenvalue weighted by Gasteiger charge is 2.28. The van der Waals surface area contributed by atoms with Crippen LogP contribution in [0.25, 0.3) is 17.2 Å². The Morgan fingerprint density at radius 2 is 1.60 bits per heavy atom. The zero-order chi connectivity index (χ0) is 24.8. The fraction of sp³-hybridized carbons (Fsp3) is 0.167. The number of nitrogens with zero attached hydrogens (tertiary/aromatic N) is 4. The third kappa shape index (κ3) is 5.20. The van der Waals surface area contributed by atoms with Crippen molar-refractivity contribution in [1.29, 1.82) is 0 Å². The highest BCUT2D eigenvalue weighted by atomic mass is 32.2. The first kappa shape index (κ1) is 24.0. The molecule has 1 unspecified atom stereocenters. The molecule has 0 radical (unpaired) electrons. The number of methoxy groups -OCH3 is 3. The van der Waals surface area contributed by atoms with E-state index in [1.807, 2.05) is 30.3 Å². The maximum absolute atomic E-state index is 13.3. The predicted octanol–water partition coefficient (Wildman–Crippen LogP) is 2.95. The fourth-order valence-electron chi connectivity index (χ4n) is 3.42. The number of pyridine rings is 1. The van der Waals surface area contributed by atoms with Gasteiger partial charge in [-0.25, -0.2) is 4.98 Å². The van der Waals surface area contributed by atoms with Crippen LogP contribution >= 0.6 is 0 Å². The second-order valence-electron chi connectivity index (χ2n) is 7.17. The number of para-hydroxylation sites is 1. The molecule has 4 rings (SSSR count). The Labute approximate surface area is 205 Å².